The van der Waals surface area contributed by atoms with Crippen molar-refractivity contribution in [1.29, 1.82) is 10.5 Å². The summed E-state index contributed by atoms with van der Waals surface area (Å²) in [5, 5.41) is 17.7. The number of fused-ring (bicyclic) bond motifs is 1. The number of carbonyl (C=O) groups is 2. The third-order valence-electron chi connectivity index (χ3n) is 5.24. The van der Waals surface area contributed by atoms with Crippen LogP contribution in [0.2, 0.25) is 0 Å². The molecule has 0 saturated carbocycles. The number of hydrogen-bond acceptors (Lipinski definition) is 8. The number of hydrogen-bond donors (Lipinski definition) is 0. The largest absolute Gasteiger partial charge is 0.468 e. The minimum atomic E-state index is -3.96. The Morgan fingerprint density at radius 1 is 1.08 bits per heavy atom. The van der Waals surface area contributed by atoms with Crippen LogP contribution in [0.15, 0.2) is 52.4 Å². The number of sulfonamides is 1. The van der Waals surface area contributed by atoms with Crippen LogP contribution < -0.4 is 4.80 Å². The van der Waals surface area contributed by atoms with Crippen LogP contribution in [0.25, 0.3) is 10.2 Å². The highest BCUT2D eigenvalue weighted by Gasteiger charge is 2.24. The lowest BCUT2D eigenvalue weighted by Gasteiger charge is -2.20. The van der Waals surface area contributed by atoms with E-state index in [1.54, 1.807) is 4.57 Å². The van der Waals surface area contributed by atoms with Gasteiger partial charge in [-0.1, -0.05) is 17.4 Å². The number of thiazole rings is 1. The number of aromatic nitrogens is 1. The molecule has 3 rings (SSSR count). The molecule has 12 heteroatoms. The van der Waals surface area contributed by atoms with E-state index in [9.17, 15) is 18.0 Å². The summed E-state index contributed by atoms with van der Waals surface area (Å²) < 4.78 is 34.2. The number of nitrogens with zero attached hydrogens (tertiary/aromatic N) is 5. The quantitative estimate of drug-likeness (QED) is 0.390. The van der Waals surface area contributed by atoms with Gasteiger partial charge in [-0.3, -0.25) is 9.59 Å². The molecule has 0 spiro atoms. The number of rotatable bonds is 9. The fourth-order valence-corrected chi connectivity index (χ4v) is 5.95. The van der Waals surface area contributed by atoms with Crippen molar-refractivity contribution in [3.63, 3.8) is 0 Å². The third-order valence-corrected chi connectivity index (χ3v) is 8.19. The summed E-state index contributed by atoms with van der Waals surface area (Å²) in [5.41, 5.74) is 1.91. The van der Waals surface area contributed by atoms with Crippen molar-refractivity contribution in [2.24, 2.45) is 4.99 Å². The van der Waals surface area contributed by atoms with Crippen molar-refractivity contribution in [3.8, 4) is 12.1 Å². The summed E-state index contributed by atoms with van der Waals surface area (Å²) in [6.07, 6.45) is -0.0270. The number of nitriles is 2. The van der Waals surface area contributed by atoms with Gasteiger partial charge < -0.3 is 9.30 Å². The van der Waals surface area contributed by atoms with Gasteiger partial charge >= 0.3 is 5.97 Å². The van der Waals surface area contributed by atoms with E-state index in [2.05, 4.69) is 4.99 Å². The van der Waals surface area contributed by atoms with E-state index in [-0.39, 0.29) is 42.9 Å². The van der Waals surface area contributed by atoms with Gasteiger partial charge in [0.15, 0.2) is 4.80 Å². The number of aryl methyl sites for hydroxylation is 1. The molecule has 186 valence electrons. The van der Waals surface area contributed by atoms with E-state index >= 15 is 0 Å². The summed E-state index contributed by atoms with van der Waals surface area (Å²) in [5.74, 6) is -1.09. The van der Waals surface area contributed by atoms with Crippen LogP contribution in [-0.4, -0.2) is 49.4 Å². The maximum atomic E-state index is 13.0. The summed E-state index contributed by atoms with van der Waals surface area (Å²) >= 11 is 1.25. The first-order valence-corrected chi connectivity index (χ1v) is 13.1. The SMILES string of the molecule is COC(=O)Cn1c(=NC(=O)c2ccc(S(=O)(=O)N(CCC#N)CCC#N)cc2)sc2cc(C)ccc21. The molecule has 0 radical (unpaired) electrons. The van der Waals surface area contributed by atoms with Crippen LogP contribution in [0, 0.1) is 29.6 Å². The summed E-state index contributed by atoms with van der Waals surface area (Å²) in [4.78, 5) is 29.3. The molecule has 1 heterocycles. The zero-order valence-electron chi connectivity index (χ0n) is 19.7. The van der Waals surface area contributed by atoms with E-state index in [1.807, 2.05) is 37.3 Å². The van der Waals surface area contributed by atoms with Crippen molar-refractivity contribution in [2.75, 3.05) is 20.2 Å². The number of ether oxygens (including phenoxy) is 1. The van der Waals surface area contributed by atoms with Gasteiger partial charge in [-0.05, 0) is 48.9 Å². The first kappa shape index (κ1) is 26.8. The Morgan fingerprint density at radius 3 is 2.31 bits per heavy atom. The topological polar surface area (TPSA) is 146 Å². The molecule has 1 amide bonds. The lowest BCUT2D eigenvalue weighted by atomic mass is 10.2. The van der Waals surface area contributed by atoms with Gasteiger partial charge in [0.1, 0.15) is 6.54 Å². The van der Waals surface area contributed by atoms with Gasteiger partial charge in [-0.25, -0.2) is 8.42 Å². The second kappa shape index (κ2) is 11.7. The molecule has 0 bridgehead atoms. The number of esters is 1. The van der Waals surface area contributed by atoms with E-state index < -0.39 is 21.9 Å². The molecule has 0 saturated heterocycles. The highest BCUT2D eigenvalue weighted by molar-refractivity contribution is 7.89. The van der Waals surface area contributed by atoms with Crippen LogP contribution in [-0.2, 0) is 26.1 Å². The van der Waals surface area contributed by atoms with E-state index in [0.29, 0.717) is 4.80 Å². The van der Waals surface area contributed by atoms with Crippen molar-refractivity contribution in [1.82, 2.24) is 8.87 Å². The van der Waals surface area contributed by atoms with Crippen molar-refractivity contribution in [3.05, 3.63) is 58.4 Å². The summed E-state index contributed by atoms with van der Waals surface area (Å²) in [7, 11) is -2.68. The molecular formula is C24H23N5O5S2. The second-order valence-electron chi connectivity index (χ2n) is 7.68. The van der Waals surface area contributed by atoms with E-state index in [4.69, 9.17) is 15.3 Å². The third kappa shape index (κ3) is 6.04. The van der Waals surface area contributed by atoms with Crippen molar-refractivity contribution >= 4 is 43.5 Å². The molecule has 3 aromatic rings. The van der Waals surface area contributed by atoms with Crippen molar-refractivity contribution < 1.29 is 22.7 Å². The number of amides is 1. The average molecular weight is 526 g/mol. The maximum absolute atomic E-state index is 13.0. The average Bonchev–Trinajstić information content (AvgIpc) is 3.19. The molecule has 1 aromatic heterocycles. The summed E-state index contributed by atoms with van der Waals surface area (Å²) in [6.45, 7) is 1.73. The molecule has 0 unspecified atom stereocenters. The standard InChI is InChI=1S/C24H23N5O5S2/c1-17-5-10-20-21(15-17)35-24(29(20)16-22(30)34-2)27-23(31)18-6-8-19(9-7-18)36(32,33)28(13-3-11-25)14-4-12-26/h5-10,15H,3-4,13-14,16H2,1-2H3. The highest BCUT2D eigenvalue weighted by Crippen LogP contribution is 2.20. The first-order valence-electron chi connectivity index (χ1n) is 10.8. The second-order valence-corrected chi connectivity index (χ2v) is 10.6. The minimum absolute atomic E-state index is 0.0135. The van der Waals surface area contributed by atoms with E-state index in [1.165, 1.54) is 42.7 Å². The molecule has 10 nitrogen and oxygen atoms in total. The Morgan fingerprint density at radius 2 is 1.72 bits per heavy atom. The monoisotopic (exact) mass is 525 g/mol. The van der Waals surface area contributed by atoms with Crippen LogP contribution in [0.4, 0.5) is 0 Å². The van der Waals surface area contributed by atoms with Gasteiger partial charge in [0.25, 0.3) is 5.91 Å². The Bertz CT molecular complexity index is 1520. The Balaban J connectivity index is 1.95. The molecule has 0 aliphatic heterocycles. The van der Waals surface area contributed by atoms with Gasteiger partial charge in [0, 0.05) is 31.5 Å². The molecule has 0 atom stereocenters. The van der Waals surface area contributed by atoms with Crippen LogP contribution in [0.3, 0.4) is 0 Å². The maximum Gasteiger partial charge on any atom is 0.325 e. The predicted octanol–water partition coefficient (Wildman–Crippen LogP) is 2.74. The Hall–Kier alpha value is -3.84. The highest BCUT2D eigenvalue weighted by atomic mass is 32.2. The smallest absolute Gasteiger partial charge is 0.325 e. The van der Waals surface area contributed by atoms with Gasteiger partial charge in [0.05, 0.1) is 34.4 Å². The fraction of sp³-hybridized carbons (Fsp3) is 0.292. The molecular weight excluding hydrogens is 502 g/mol. The molecule has 2 aromatic carbocycles. The zero-order valence-corrected chi connectivity index (χ0v) is 21.3. The van der Waals surface area contributed by atoms with Crippen molar-refractivity contribution in [2.45, 2.75) is 31.2 Å². The molecule has 0 fully saturated rings. The van der Waals surface area contributed by atoms with Crippen LogP contribution in [0.5, 0.6) is 0 Å². The molecule has 0 aliphatic carbocycles. The van der Waals surface area contributed by atoms with Gasteiger partial charge in [-0.2, -0.15) is 19.8 Å². The number of methoxy groups -OCH3 is 1. The summed E-state index contributed by atoms with van der Waals surface area (Å²) in [6, 6.07) is 14.8. The van der Waals surface area contributed by atoms with Gasteiger partial charge in [-0.15, -0.1) is 0 Å². The lowest BCUT2D eigenvalue weighted by molar-refractivity contribution is -0.141. The Kier molecular flexibility index (Phi) is 8.72. The fourth-order valence-electron chi connectivity index (χ4n) is 3.38. The first-order chi connectivity index (χ1) is 17.2. The molecule has 0 N–H and O–H groups in total. The molecule has 36 heavy (non-hydrogen) atoms. The predicted molar refractivity (Wildman–Crippen MR) is 132 cm³/mol. The Labute approximate surface area is 212 Å². The number of benzene rings is 2. The zero-order chi connectivity index (χ0) is 26.3. The lowest BCUT2D eigenvalue weighted by Crippen LogP contribution is -2.32. The minimum Gasteiger partial charge on any atom is -0.468 e. The van der Waals surface area contributed by atoms with Crippen LogP contribution in [0.1, 0.15) is 28.8 Å². The molecule has 0 aliphatic rings. The normalized spacial score (nSPS) is 11.9. The van der Waals surface area contributed by atoms with E-state index in [0.717, 1.165) is 20.1 Å². The van der Waals surface area contributed by atoms with Gasteiger partial charge in [0.2, 0.25) is 10.0 Å². The van der Waals surface area contributed by atoms with Crippen LogP contribution >= 0.6 is 11.3 Å². The number of carbonyl (C=O) groups excluding carboxylic acids is 2.